The Morgan fingerprint density at radius 3 is 2.21 bits per heavy atom. The van der Waals surface area contributed by atoms with Crippen molar-refractivity contribution >= 4 is 22.6 Å². The summed E-state index contributed by atoms with van der Waals surface area (Å²) in [4.78, 5) is 37.6. The van der Waals surface area contributed by atoms with Gasteiger partial charge in [0.25, 0.3) is 17.4 Å². The Morgan fingerprint density at radius 2 is 1.59 bits per heavy atom. The van der Waals surface area contributed by atoms with Gasteiger partial charge in [-0.1, -0.05) is 51.1 Å². The van der Waals surface area contributed by atoms with Crippen LogP contribution in [-0.4, -0.2) is 21.6 Å². The molecule has 0 bridgehead atoms. The average molecular weight is 392 g/mol. The Balaban J connectivity index is 1.82. The number of carbonyl (C=O) groups excluding carboxylic acids is 2. The topological polar surface area (TPSA) is 93.1 Å². The van der Waals surface area contributed by atoms with Crippen LogP contribution in [-0.2, 0) is 6.54 Å². The van der Waals surface area contributed by atoms with Crippen molar-refractivity contribution in [2.45, 2.75) is 39.7 Å². The summed E-state index contributed by atoms with van der Waals surface area (Å²) >= 11 is 0. The van der Waals surface area contributed by atoms with Gasteiger partial charge in [-0.2, -0.15) is 5.10 Å². The molecule has 0 atom stereocenters. The van der Waals surface area contributed by atoms with Crippen molar-refractivity contribution in [3.05, 3.63) is 75.7 Å². The summed E-state index contributed by atoms with van der Waals surface area (Å²) in [6, 6.07) is 14.0. The van der Waals surface area contributed by atoms with E-state index in [1.165, 1.54) is 4.68 Å². The van der Waals surface area contributed by atoms with Gasteiger partial charge in [0.2, 0.25) is 0 Å². The largest absolute Gasteiger partial charge is 0.290 e. The summed E-state index contributed by atoms with van der Waals surface area (Å²) in [5, 5.41) is 5.07. The average Bonchev–Trinajstić information content (AvgIpc) is 2.74. The molecule has 0 saturated carbocycles. The van der Waals surface area contributed by atoms with E-state index < -0.39 is 11.8 Å². The van der Waals surface area contributed by atoms with Gasteiger partial charge in [-0.05, 0) is 36.1 Å². The maximum atomic E-state index is 12.7. The number of carbonyl (C=O) groups is 2. The quantitative estimate of drug-likeness (QED) is 0.653. The third-order valence-electron chi connectivity index (χ3n) is 4.65. The van der Waals surface area contributed by atoms with Crippen LogP contribution in [0.4, 0.5) is 0 Å². The van der Waals surface area contributed by atoms with Crippen molar-refractivity contribution in [2.75, 3.05) is 0 Å². The Labute approximate surface area is 168 Å². The highest BCUT2D eigenvalue weighted by atomic mass is 16.2. The number of benzene rings is 2. The van der Waals surface area contributed by atoms with Gasteiger partial charge in [-0.3, -0.25) is 25.2 Å². The second-order valence-electron chi connectivity index (χ2n) is 7.11. The summed E-state index contributed by atoms with van der Waals surface area (Å²) < 4.78 is 1.28. The van der Waals surface area contributed by atoms with E-state index in [-0.39, 0.29) is 11.3 Å². The fourth-order valence-corrected chi connectivity index (χ4v) is 3.03. The molecular weight excluding hydrogens is 368 g/mol. The van der Waals surface area contributed by atoms with Crippen LogP contribution in [0.15, 0.2) is 53.3 Å². The SMILES string of the molecule is CCCn1nc(C(=O)NNC(=O)c2ccc(C(C)C)cc2)c2ccccc2c1=O. The molecule has 7 heteroatoms. The lowest BCUT2D eigenvalue weighted by atomic mass is 10.0. The Hall–Kier alpha value is -3.48. The van der Waals surface area contributed by atoms with Crippen molar-refractivity contribution in [3.63, 3.8) is 0 Å². The monoisotopic (exact) mass is 392 g/mol. The van der Waals surface area contributed by atoms with Crippen LogP contribution in [0.25, 0.3) is 10.8 Å². The number of nitrogens with one attached hydrogen (secondary N) is 2. The number of aromatic nitrogens is 2. The summed E-state index contributed by atoms with van der Waals surface area (Å²) in [5.41, 5.74) is 6.21. The molecule has 0 aliphatic rings. The number of nitrogens with zero attached hydrogens (tertiary/aromatic N) is 2. The van der Waals surface area contributed by atoms with Crippen LogP contribution >= 0.6 is 0 Å². The molecule has 0 radical (unpaired) electrons. The normalized spacial score (nSPS) is 10.9. The number of fused-ring (bicyclic) bond motifs is 1. The highest BCUT2D eigenvalue weighted by Crippen LogP contribution is 2.15. The molecule has 1 heterocycles. The molecule has 3 rings (SSSR count). The Bertz CT molecular complexity index is 1100. The number of amides is 2. The van der Waals surface area contributed by atoms with E-state index in [0.717, 1.165) is 5.56 Å². The maximum Gasteiger partial charge on any atom is 0.290 e. The number of hydrogen-bond donors (Lipinski definition) is 2. The first kappa shape index (κ1) is 20.3. The van der Waals surface area contributed by atoms with Crippen LogP contribution in [0, 0.1) is 0 Å². The fraction of sp³-hybridized carbons (Fsp3) is 0.273. The van der Waals surface area contributed by atoms with Gasteiger partial charge < -0.3 is 0 Å². The van der Waals surface area contributed by atoms with Crippen molar-refractivity contribution in [1.82, 2.24) is 20.6 Å². The molecule has 1 aromatic heterocycles. The summed E-state index contributed by atoms with van der Waals surface area (Å²) in [6.07, 6.45) is 0.704. The van der Waals surface area contributed by atoms with E-state index >= 15 is 0 Å². The minimum Gasteiger partial charge on any atom is -0.267 e. The molecule has 2 N–H and O–H groups in total. The van der Waals surface area contributed by atoms with E-state index in [0.29, 0.717) is 35.2 Å². The molecule has 0 fully saturated rings. The zero-order valence-corrected chi connectivity index (χ0v) is 16.7. The first-order chi connectivity index (χ1) is 13.9. The van der Waals surface area contributed by atoms with Gasteiger partial charge in [0, 0.05) is 17.5 Å². The molecular formula is C22H24N4O3. The lowest BCUT2D eigenvalue weighted by Gasteiger charge is -2.12. The van der Waals surface area contributed by atoms with Crippen molar-refractivity contribution in [2.24, 2.45) is 0 Å². The van der Waals surface area contributed by atoms with Crippen LogP contribution in [0.2, 0.25) is 0 Å². The second kappa shape index (κ2) is 8.68. The predicted molar refractivity (Wildman–Crippen MR) is 112 cm³/mol. The van der Waals surface area contributed by atoms with E-state index in [4.69, 9.17) is 0 Å². The Morgan fingerprint density at radius 1 is 0.966 bits per heavy atom. The number of aryl methyl sites for hydroxylation is 1. The highest BCUT2D eigenvalue weighted by molar-refractivity contribution is 6.06. The Kier molecular flexibility index (Phi) is 6.07. The molecule has 0 spiro atoms. The van der Waals surface area contributed by atoms with E-state index in [1.807, 2.05) is 19.1 Å². The third-order valence-corrected chi connectivity index (χ3v) is 4.65. The summed E-state index contributed by atoms with van der Waals surface area (Å²) in [7, 11) is 0. The van der Waals surface area contributed by atoms with Crippen molar-refractivity contribution in [1.29, 1.82) is 0 Å². The smallest absolute Gasteiger partial charge is 0.267 e. The molecule has 3 aromatic rings. The van der Waals surface area contributed by atoms with Crippen LogP contribution < -0.4 is 16.4 Å². The molecule has 0 aliphatic heterocycles. The minimum atomic E-state index is -0.585. The first-order valence-electron chi connectivity index (χ1n) is 9.63. The zero-order chi connectivity index (χ0) is 21.0. The third kappa shape index (κ3) is 4.34. The lowest BCUT2D eigenvalue weighted by molar-refractivity contribution is 0.0843. The van der Waals surface area contributed by atoms with Crippen molar-refractivity contribution in [3.8, 4) is 0 Å². The predicted octanol–water partition coefficient (Wildman–Crippen LogP) is 3.00. The first-order valence-corrected chi connectivity index (χ1v) is 9.63. The van der Waals surface area contributed by atoms with Gasteiger partial charge in [-0.15, -0.1) is 0 Å². The molecule has 150 valence electrons. The van der Waals surface area contributed by atoms with Gasteiger partial charge in [0.1, 0.15) is 0 Å². The molecule has 29 heavy (non-hydrogen) atoms. The van der Waals surface area contributed by atoms with Gasteiger partial charge in [0.15, 0.2) is 5.69 Å². The number of hydrazine groups is 1. The van der Waals surface area contributed by atoms with E-state index in [9.17, 15) is 14.4 Å². The summed E-state index contributed by atoms with van der Waals surface area (Å²) in [6.45, 7) is 6.47. The van der Waals surface area contributed by atoms with Crippen LogP contribution in [0.3, 0.4) is 0 Å². The maximum absolute atomic E-state index is 12.7. The fourth-order valence-electron chi connectivity index (χ4n) is 3.03. The van der Waals surface area contributed by atoms with Gasteiger partial charge >= 0.3 is 0 Å². The minimum absolute atomic E-state index is 0.0871. The van der Waals surface area contributed by atoms with Crippen molar-refractivity contribution < 1.29 is 9.59 Å². The molecule has 0 saturated heterocycles. The van der Waals surface area contributed by atoms with Gasteiger partial charge in [-0.25, -0.2) is 4.68 Å². The zero-order valence-electron chi connectivity index (χ0n) is 16.7. The van der Waals surface area contributed by atoms with Gasteiger partial charge in [0.05, 0.1) is 5.39 Å². The molecule has 0 unspecified atom stereocenters. The molecule has 0 aliphatic carbocycles. The highest BCUT2D eigenvalue weighted by Gasteiger charge is 2.17. The van der Waals surface area contributed by atoms with Crippen LogP contribution in [0.5, 0.6) is 0 Å². The van der Waals surface area contributed by atoms with E-state index in [1.54, 1.807) is 36.4 Å². The number of rotatable bonds is 5. The molecule has 2 aromatic carbocycles. The number of hydrogen-bond acceptors (Lipinski definition) is 4. The van der Waals surface area contributed by atoms with Crippen LogP contribution in [0.1, 0.15) is 59.5 Å². The lowest BCUT2D eigenvalue weighted by Crippen LogP contribution is -2.42. The molecule has 7 nitrogen and oxygen atoms in total. The second-order valence-corrected chi connectivity index (χ2v) is 7.11. The molecule has 2 amide bonds. The van der Waals surface area contributed by atoms with E-state index in [2.05, 4.69) is 29.8 Å². The summed E-state index contributed by atoms with van der Waals surface area (Å²) in [5.74, 6) is -0.650. The standard InChI is InChI=1S/C22H24N4O3/c1-4-13-26-22(29)18-8-6-5-7-17(18)19(25-26)21(28)24-23-20(27)16-11-9-15(10-12-16)14(2)3/h5-12,14H,4,13H2,1-3H3,(H,23,27)(H,24,28).